The zero-order chi connectivity index (χ0) is 21.8. The summed E-state index contributed by atoms with van der Waals surface area (Å²) in [6.07, 6.45) is 9.27. The van der Waals surface area contributed by atoms with E-state index in [2.05, 4.69) is 63.2 Å². The van der Waals surface area contributed by atoms with Crippen molar-refractivity contribution in [1.29, 1.82) is 0 Å². The number of aryl methyl sites for hydroxylation is 1. The van der Waals surface area contributed by atoms with Crippen molar-refractivity contribution in [2.24, 2.45) is 0 Å². The molecule has 1 aliphatic carbocycles. The van der Waals surface area contributed by atoms with Crippen LogP contribution in [0.15, 0.2) is 42.5 Å². The normalized spacial score (nSPS) is 19.6. The summed E-state index contributed by atoms with van der Waals surface area (Å²) in [7, 11) is 1.80. The third-order valence-electron chi connectivity index (χ3n) is 7.15. The maximum Gasteiger partial charge on any atom is 0.0719 e. The van der Waals surface area contributed by atoms with E-state index in [4.69, 9.17) is 9.47 Å². The summed E-state index contributed by atoms with van der Waals surface area (Å²) in [5.74, 6) is 0.424. The number of methoxy groups -OCH3 is 1. The minimum Gasteiger partial charge on any atom is -0.380 e. The van der Waals surface area contributed by atoms with E-state index in [1.807, 2.05) is 0 Å². The van der Waals surface area contributed by atoms with Crippen LogP contribution < -0.4 is 0 Å². The fourth-order valence-electron chi connectivity index (χ4n) is 5.50. The summed E-state index contributed by atoms with van der Waals surface area (Å²) in [4.78, 5) is 0. The average Bonchev–Trinajstić information content (AvgIpc) is 2.78. The zero-order valence-corrected chi connectivity index (χ0v) is 19.7. The van der Waals surface area contributed by atoms with E-state index in [-0.39, 0.29) is 0 Å². The first kappa shape index (κ1) is 22.3. The van der Waals surface area contributed by atoms with Crippen molar-refractivity contribution in [2.75, 3.05) is 7.11 Å². The van der Waals surface area contributed by atoms with Crippen molar-refractivity contribution in [3.63, 3.8) is 0 Å². The molecule has 2 nitrogen and oxygen atoms in total. The standard InChI is InChI=1S/C29H38O2/c1-5-6-7-8-11-20(2)31-28-17-16-26-24(21(28)3)14-15-27-25-13-10-9-12-22(25)18-23(19-30-4)29(26)27/h9-10,12-15,18,20-21,28H,5-8,11,16-17,19H2,1-4H3. The Morgan fingerprint density at radius 2 is 1.87 bits per heavy atom. The highest BCUT2D eigenvalue weighted by atomic mass is 16.5. The molecule has 3 aromatic carbocycles. The van der Waals surface area contributed by atoms with Gasteiger partial charge >= 0.3 is 0 Å². The molecule has 0 saturated carbocycles. The number of unbranched alkanes of at least 4 members (excludes halogenated alkanes) is 3. The number of fused-ring (bicyclic) bond motifs is 5. The summed E-state index contributed by atoms with van der Waals surface area (Å²) in [6.45, 7) is 7.54. The van der Waals surface area contributed by atoms with Gasteiger partial charge in [0.05, 0.1) is 18.8 Å². The highest BCUT2D eigenvalue weighted by Gasteiger charge is 2.30. The lowest BCUT2D eigenvalue weighted by Crippen LogP contribution is -2.30. The lowest BCUT2D eigenvalue weighted by molar-refractivity contribution is -0.0261. The highest BCUT2D eigenvalue weighted by molar-refractivity contribution is 6.10. The van der Waals surface area contributed by atoms with Crippen molar-refractivity contribution < 1.29 is 9.47 Å². The number of hydrogen-bond acceptors (Lipinski definition) is 2. The van der Waals surface area contributed by atoms with Gasteiger partial charge in [0, 0.05) is 13.0 Å². The van der Waals surface area contributed by atoms with Gasteiger partial charge in [-0.05, 0) is 70.5 Å². The van der Waals surface area contributed by atoms with Gasteiger partial charge in [0.2, 0.25) is 0 Å². The van der Waals surface area contributed by atoms with Gasteiger partial charge < -0.3 is 9.47 Å². The summed E-state index contributed by atoms with van der Waals surface area (Å²) in [5, 5.41) is 5.41. The number of ether oxygens (including phenoxy) is 2. The van der Waals surface area contributed by atoms with Gasteiger partial charge in [-0.25, -0.2) is 0 Å². The Labute approximate surface area is 187 Å². The second-order valence-corrected chi connectivity index (χ2v) is 9.41. The SMILES string of the molecule is CCCCCCC(C)OC1CCc2c(ccc3c2c(COC)cc2ccccc23)C1C. The highest BCUT2D eigenvalue weighted by Crippen LogP contribution is 2.41. The van der Waals surface area contributed by atoms with Crippen molar-refractivity contribution in [2.45, 2.75) is 90.4 Å². The van der Waals surface area contributed by atoms with Crippen molar-refractivity contribution in [1.82, 2.24) is 0 Å². The van der Waals surface area contributed by atoms with Crippen LogP contribution in [0.4, 0.5) is 0 Å². The Bertz CT molecular complexity index is 1020. The molecule has 0 radical (unpaired) electrons. The van der Waals surface area contributed by atoms with Crippen LogP contribution in [-0.4, -0.2) is 19.3 Å². The fourth-order valence-corrected chi connectivity index (χ4v) is 5.50. The summed E-state index contributed by atoms with van der Waals surface area (Å²) in [5.41, 5.74) is 4.29. The minimum absolute atomic E-state index is 0.317. The Morgan fingerprint density at radius 3 is 2.68 bits per heavy atom. The van der Waals surface area contributed by atoms with Gasteiger partial charge in [-0.1, -0.05) is 75.9 Å². The molecule has 1 aliphatic rings. The molecule has 3 aromatic rings. The van der Waals surface area contributed by atoms with Gasteiger partial charge in [-0.15, -0.1) is 0 Å². The van der Waals surface area contributed by atoms with Crippen LogP contribution in [0.2, 0.25) is 0 Å². The van der Waals surface area contributed by atoms with Crippen LogP contribution in [0.1, 0.15) is 81.9 Å². The molecule has 0 aliphatic heterocycles. The Morgan fingerprint density at radius 1 is 1.03 bits per heavy atom. The van der Waals surface area contributed by atoms with E-state index < -0.39 is 0 Å². The first-order valence-electron chi connectivity index (χ1n) is 12.2. The van der Waals surface area contributed by atoms with Crippen LogP contribution in [0.3, 0.4) is 0 Å². The maximum atomic E-state index is 6.58. The van der Waals surface area contributed by atoms with Crippen LogP contribution in [0.5, 0.6) is 0 Å². The van der Waals surface area contributed by atoms with Gasteiger partial charge in [0.1, 0.15) is 0 Å². The van der Waals surface area contributed by atoms with Crippen molar-refractivity contribution in [3.8, 4) is 0 Å². The Hall–Kier alpha value is -1.90. The van der Waals surface area contributed by atoms with E-state index in [1.54, 1.807) is 7.11 Å². The third-order valence-corrected chi connectivity index (χ3v) is 7.15. The minimum atomic E-state index is 0.317. The van der Waals surface area contributed by atoms with Crippen molar-refractivity contribution in [3.05, 3.63) is 59.2 Å². The molecule has 4 rings (SSSR count). The van der Waals surface area contributed by atoms with Crippen LogP contribution >= 0.6 is 0 Å². The smallest absolute Gasteiger partial charge is 0.0719 e. The fraction of sp³-hybridized carbons (Fsp3) is 0.517. The predicted octanol–water partition coefficient (Wildman–Crippen LogP) is 7.93. The van der Waals surface area contributed by atoms with Gasteiger partial charge in [0.15, 0.2) is 0 Å². The van der Waals surface area contributed by atoms with E-state index in [0.29, 0.717) is 24.7 Å². The van der Waals surface area contributed by atoms with Crippen molar-refractivity contribution >= 4 is 21.5 Å². The second kappa shape index (κ2) is 10.1. The number of benzene rings is 3. The van der Waals surface area contributed by atoms with E-state index in [0.717, 1.165) is 12.8 Å². The van der Waals surface area contributed by atoms with Gasteiger partial charge in [-0.3, -0.25) is 0 Å². The molecule has 0 saturated heterocycles. The Balaban J connectivity index is 1.64. The summed E-state index contributed by atoms with van der Waals surface area (Å²) < 4.78 is 12.2. The lowest BCUT2D eigenvalue weighted by Gasteiger charge is -2.34. The van der Waals surface area contributed by atoms with E-state index >= 15 is 0 Å². The molecule has 0 bridgehead atoms. The molecule has 0 heterocycles. The van der Waals surface area contributed by atoms with Gasteiger partial charge in [-0.2, -0.15) is 0 Å². The molecule has 0 fully saturated rings. The molecule has 2 heteroatoms. The lowest BCUT2D eigenvalue weighted by atomic mass is 9.78. The molecule has 0 N–H and O–H groups in total. The zero-order valence-electron chi connectivity index (χ0n) is 19.7. The average molecular weight is 419 g/mol. The maximum absolute atomic E-state index is 6.58. The molecule has 166 valence electrons. The molecule has 0 aromatic heterocycles. The number of hydrogen-bond donors (Lipinski definition) is 0. The largest absolute Gasteiger partial charge is 0.380 e. The first-order valence-corrected chi connectivity index (χ1v) is 12.2. The van der Waals surface area contributed by atoms with Crippen LogP contribution in [0, 0.1) is 0 Å². The van der Waals surface area contributed by atoms with E-state index in [9.17, 15) is 0 Å². The molecule has 3 unspecified atom stereocenters. The molecule has 0 amide bonds. The monoisotopic (exact) mass is 418 g/mol. The third kappa shape index (κ3) is 4.66. The number of rotatable bonds is 9. The molecule has 0 spiro atoms. The van der Waals surface area contributed by atoms with Gasteiger partial charge in [0.25, 0.3) is 0 Å². The summed E-state index contributed by atoms with van der Waals surface area (Å²) >= 11 is 0. The molecule has 31 heavy (non-hydrogen) atoms. The van der Waals surface area contributed by atoms with Crippen LogP contribution in [0.25, 0.3) is 21.5 Å². The molecular formula is C29H38O2. The Kier molecular flexibility index (Phi) is 7.30. The quantitative estimate of drug-likeness (QED) is 0.259. The second-order valence-electron chi connectivity index (χ2n) is 9.41. The first-order chi connectivity index (χ1) is 15.1. The topological polar surface area (TPSA) is 18.5 Å². The van der Waals surface area contributed by atoms with E-state index in [1.165, 1.54) is 70.3 Å². The predicted molar refractivity (Wildman–Crippen MR) is 132 cm³/mol. The molecule has 3 atom stereocenters. The van der Waals surface area contributed by atoms with Crippen LogP contribution in [-0.2, 0) is 22.5 Å². The summed E-state index contributed by atoms with van der Waals surface area (Å²) in [6, 6.07) is 15.8. The molecular weight excluding hydrogens is 380 g/mol.